The van der Waals surface area contributed by atoms with Crippen LogP contribution in [0.3, 0.4) is 0 Å². The minimum Gasteiger partial charge on any atom is -0.356 e. The lowest BCUT2D eigenvalue weighted by molar-refractivity contribution is 0.244. The summed E-state index contributed by atoms with van der Waals surface area (Å²) in [5.74, 6) is 1.06. The van der Waals surface area contributed by atoms with E-state index in [9.17, 15) is 0 Å². The summed E-state index contributed by atoms with van der Waals surface area (Å²) >= 11 is 12.4. The van der Waals surface area contributed by atoms with Gasteiger partial charge in [-0.2, -0.15) is 0 Å². The number of benzene rings is 1. The molecule has 0 saturated carbocycles. The van der Waals surface area contributed by atoms with Crippen molar-refractivity contribution in [1.82, 2.24) is 4.90 Å². The molecule has 0 aromatic heterocycles. The molecule has 6 heteroatoms. The normalized spacial score (nSPS) is 21.1. The molecule has 124 valence electrons. The largest absolute Gasteiger partial charge is 0.356 e. The molecule has 0 atom stereocenters. The second-order valence-electron chi connectivity index (χ2n) is 6.62. The molecule has 0 amide bonds. The summed E-state index contributed by atoms with van der Waals surface area (Å²) in [5, 5.41) is 1.12. The molecule has 23 heavy (non-hydrogen) atoms. The fourth-order valence-electron chi connectivity index (χ4n) is 3.04. The predicted octanol–water partition coefficient (Wildman–Crippen LogP) is 3.89. The number of halogens is 2. The highest BCUT2D eigenvalue weighted by molar-refractivity contribution is 6.43. The van der Waals surface area contributed by atoms with Gasteiger partial charge < -0.3 is 15.5 Å². The zero-order chi connectivity index (χ0) is 16.6. The first-order chi connectivity index (χ1) is 10.9. The van der Waals surface area contributed by atoms with Crippen molar-refractivity contribution >= 4 is 34.7 Å². The van der Waals surface area contributed by atoms with Gasteiger partial charge in [0, 0.05) is 30.4 Å². The summed E-state index contributed by atoms with van der Waals surface area (Å²) in [6, 6.07) is 5.65. The van der Waals surface area contributed by atoms with Gasteiger partial charge in [0.15, 0.2) is 0 Å². The number of piperidine rings is 1. The Morgan fingerprint density at radius 2 is 1.91 bits per heavy atom. The van der Waals surface area contributed by atoms with Gasteiger partial charge in [-0.3, -0.25) is 0 Å². The molecule has 0 bridgehead atoms. The van der Waals surface area contributed by atoms with E-state index < -0.39 is 0 Å². The number of rotatable bonds is 1. The van der Waals surface area contributed by atoms with Crippen LogP contribution in [0.4, 0.5) is 5.69 Å². The molecular weight excluding hydrogens is 331 g/mol. The lowest BCUT2D eigenvalue weighted by Gasteiger charge is -2.40. The van der Waals surface area contributed by atoms with Gasteiger partial charge in [0.2, 0.25) is 0 Å². The van der Waals surface area contributed by atoms with E-state index in [4.69, 9.17) is 33.9 Å². The second kappa shape index (κ2) is 6.34. The topological polar surface area (TPSA) is 44.9 Å². The van der Waals surface area contributed by atoms with Crippen LogP contribution in [-0.4, -0.2) is 36.0 Å². The molecule has 0 radical (unpaired) electrons. The Kier molecular flexibility index (Phi) is 4.59. The third-order valence-corrected chi connectivity index (χ3v) is 5.33. The van der Waals surface area contributed by atoms with Gasteiger partial charge in [-0.05, 0) is 38.8 Å². The van der Waals surface area contributed by atoms with Crippen molar-refractivity contribution in [2.75, 3.05) is 24.7 Å². The predicted molar refractivity (Wildman–Crippen MR) is 98.4 cm³/mol. The summed E-state index contributed by atoms with van der Waals surface area (Å²) < 4.78 is 0. The van der Waals surface area contributed by atoms with Crippen molar-refractivity contribution in [1.29, 1.82) is 0 Å². The Balaban J connectivity index is 1.76. The average Bonchev–Trinajstić information content (AvgIpc) is 2.50. The number of amidine groups is 1. The summed E-state index contributed by atoms with van der Waals surface area (Å²) in [7, 11) is 0. The zero-order valence-electron chi connectivity index (χ0n) is 13.5. The maximum atomic E-state index is 6.32. The van der Waals surface area contributed by atoms with Gasteiger partial charge in [-0.1, -0.05) is 29.3 Å². The van der Waals surface area contributed by atoms with Crippen LogP contribution in [-0.2, 0) is 0 Å². The van der Waals surface area contributed by atoms with Gasteiger partial charge in [0.25, 0.3) is 0 Å². The quantitative estimate of drug-likeness (QED) is 0.833. The maximum Gasteiger partial charge on any atom is 0.129 e. The molecule has 1 aromatic rings. The van der Waals surface area contributed by atoms with Crippen molar-refractivity contribution in [3.63, 3.8) is 0 Å². The van der Waals surface area contributed by atoms with E-state index >= 15 is 0 Å². The Morgan fingerprint density at radius 3 is 2.57 bits per heavy atom. The van der Waals surface area contributed by atoms with Crippen LogP contribution in [0.25, 0.3) is 0 Å². The van der Waals surface area contributed by atoms with E-state index in [-0.39, 0.29) is 5.54 Å². The van der Waals surface area contributed by atoms with Crippen LogP contribution in [0.15, 0.2) is 35.0 Å². The standard InChI is InChI=1S/C17H22Cl2N4/c1-12-10-23(14-5-3-4-13(18)15(14)19)11-21-16(12)22-8-6-17(2,20)7-9-22/h3-5,10H,6-9,11,20H2,1-2H3. The van der Waals surface area contributed by atoms with E-state index in [1.807, 2.05) is 17.0 Å². The molecule has 2 N–H and O–H groups in total. The summed E-state index contributed by atoms with van der Waals surface area (Å²) in [6.07, 6.45) is 4.07. The minimum atomic E-state index is -0.0519. The Morgan fingerprint density at radius 1 is 1.22 bits per heavy atom. The van der Waals surface area contributed by atoms with Gasteiger partial charge in [-0.25, -0.2) is 4.99 Å². The third-order valence-electron chi connectivity index (χ3n) is 4.52. The number of nitrogens with two attached hydrogens (primary N) is 1. The SMILES string of the molecule is CC1=CN(c2cccc(Cl)c2Cl)CN=C1N1CCC(C)(N)CC1. The first-order valence-electron chi connectivity index (χ1n) is 7.85. The van der Waals surface area contributed by atoms with Gasteiger partial charge in [0.1, 0.15) is 12.5 Å². The first kappa shape index (κ1) is 16.6. The van der Waals surface area contributed by atoms with E-state index in [0.717, 1.165) is 43.0 Å². The average molecular weight is 353 g/mol. The molecule has 4 nitrogen and oxygen atoms in total. The van der Waals surface area contributed by atoms with E-state index in [1.54, 1.807) is 6.07 Å². The molecule has 0 unspecified atom stereocenters. The number of hydrogen-bond acceptors (Lipinski definition) is 4. The first-order valence-corrected chi connectivity index (χ1v) is 8.61. The Bertz CT molecular complexity index is 657. The number of hydrogen-bond donors (Lipinski definition) is 1. The molecule has 1 aromatic carbocycles. The minimum absolute atomic E-state index is 0.0519. The highest BCUT2D eigenvalue weighted by Gasteiger charge is 2.29. The maximum absolute atomic E-state index is 6.32. The van der Waals surface area contributed by atoms with Crippen molar-refractivity contribution in [2.24, 2.45) is 10.7 Å². The summed E-state index contributed by atoms with van der Waals surface area (Å²) in [6.45, 7) is 6.66. The molecule has 1 saturated heterocycles. The monoisotopic (exact) mass is 352 g/mol. The summed E-state index contributed by atoms with van der Waals surface area (Å²) in [5.41, 5.74) is 8.18. The second-order valence-corrected chi connectivity index (χ2v) is 7.40. The number of anilines is 1. The van der Waals surface area contributed by atoms with Crippen molar-refractivity contribution in [3.8, 4) is 0 Å². The lowest BCUT2D eigenvalue weighted by atomic mass is 9.90. The lowest BCUT2D eigenvalue weighted by Crippen LogP contribution is -2.50. The van der Waals surface area contributed by atoms with Crippen LogP contribution in [0.1, 0.15) is 26.7 Å². The fraction of sp³-hybridized carbons (Fsp3) is 0.471. The number of nitrogens with zero attached hydrogens (tertiary/aromatic N) is 3. The van der Waals surface area contributed by atoms with Crippen LogP contribution in [0, 0.1) is 0 Å². The molecule has 2 heterocycles. The van der Waals surface area contributed by atoms with Crippen molar-refractivity contribution in [2.45, 2.75) is 32.2 Å². The molecule has 1 fully saturated rings. The van der Waals surface area contributed by atoms with E-state index in [0.29, 0.717) is 16.7 Å². The molecule has 3 rings (SSSR count). The van der Waals surface area contributed by atoms with Crippen LogP contribution in [0.5, 0.6) is 0 Å². The molecule has 2 aliphatic rings. The Hall–Kier alpha value is -1.23. The highest BCUT2D eigenvalue weighted by atomic mass is 35.5. The van der Waals surface area contributed by atoms with Gasteiger partial charge in [0.05, 0.1) is 15.7 Å². The fourth-order valence-corrected chi connectivity index (χ4v) is 3.44. The molecule has 0 spiro atoms. The summed E-state index contributed by atoms with van der Waals surface area (Å²) in [4.78, 5) is 9.13. The van der Waals surface area contributed by atoms with Gasteiger partial charge in [-0.15, -0.1) is 0 Å². The number of aliphatic imine (C=N–C) groups is 1. The highest BCUT2D eigenvalue weighted by Crippen LogP contribution is 2.34. The van der Waals surface area contributed by atoms with Crippen LogP contribution < -0.4 is 10.6 Å². The van der Waals surface area contributed by atoms with Crippen LogP contribution >= 0.6 is 23.2 Å². The van der Waals surface area contributed by atoms with E-state index in [2.05, 4.69) is 24.9 Å². The third kappa shape index (κ3) is 3.49. The molecular formula is C17H22Cl2N4. The zero-order valence-corrected chi connectivity index (χ0v) is 15.0. The van der Waals surface area contributed by atoms with Gasteiger partial charge >= 0.3 is 0 Å². The van der Waals surface area contributed by atoms with Crippen molar-refractivity contribution < 1.29 is 0 Å². The smallest absolute Gasteiger partial charge is 0.129 e. The van der Waals surface area contributed by atoms with E-state index in [1.165, 1.54) is 0 Å². The molecule has 0 aliphatic carbocycles. The Labute approximate surface area is 147 Å². The van der Waals surface area contributed by atoms with Crippen molar-refractivity contribution in [3.05, 3.63) is 40.0 Å². The number of likely N-dealkylation sites (tertiary alicyclic amines) is 1. The van der Waals surface area contributed by atoms with Crippen LogP contribution in [0.2, 0.25) is 10.0 Å². The molecule has 2 aliphatic heterocycles.